The predicted molar refractivity (Wildman–Crippen MR) is 113 cm³/mol. The van der Waals surface area contributed by atoms with E-state index < -0.39 is 0 Å². The molecular weight excluding hydrogens is 364 g/mol. The Morgan fingerprint density at radius 1 is 1.15 bits per heavy atom. The lowest BCUT2D eigenvalue weighted by atomic mass is 10.2. The van der Waals surface area contributed by atoms with Crippen molar-refractivity contribution in [3.63, 3.8) is 0 Å². The second kappa shape index (κ2) is 8.65. The van der Waals surface area contributed by atoms with Gasteiger partial charge in [0.15, 0.2) is 5.11 Å². The number of hydrazone groups is 1. The van der Waals surface area contributed by atoms with E-state index in [1.54, 1.807) is 6.21 Å². The molecule has 0 saturated carbocycles. The molecule has 0 aliphatic rings. The van der Waals surface area contributed by atoms with E-state index in [1.165, 1.54) is 5.56 Å². The Morgan fingerprint density at radius 2 is 2.00 bits per heavy atom. The lowest BCUT2D eigenvalue weighted by Gasteiger charge is -2.09. The molecule has 0 aliphatic carbocycles. The third-order valence-corrected chi connectivity index (χ3v) is 4.36. The van der Waals surface area contributed by atoms with Gasteiger partial charge in [0, 0.05) is 23.5 Å². The number of thiocarbonyl (C=S) groups is 1. The van der Waals surface area contributed by atoms with E-state index in [1.807, 2.05) is 73.8 Å². The van der Waals surface area contributed by atoms with E-state index in [4.69, 9.17) is 23.8 Å². The first-order valence-corrected chi connectivity index (χ1v) is 8.96. The van der Waals surface area contributed by atoms with Crippen molar-refractivity contribution in [2.75, 3.05) is 5.32 Å². The van der Waals surface area contributed by atoms with Crippen LogP contribution in [0.3, 0.4) is 0 Å². The van der Waals surface area contributed by atoms with Gasteiger partial charge in [-0.3, -0.25) is 5.43 Å². The van der Waals surface area contributed by atoms with Crippen LogP contribution < -0.4 is 10.7 Å². The zero-order valence-electron chi connectivity index (χ0n) is 14.3. The molecule has 26 heavy (non-hydrogen) atoms. The highest BCUT2D eigenvalue weighted by molar-refractivity contribution is 7.80. The van der Waals surface area contributed by atoms with Crippen LogP contribution in [0.25, 0.3) is 0 Å². The Morgan fingerprint density at radius 3 is 2.81 bits per heavy atom. The van der Waals surface area contributed by atoms with Gasteiger partial charge in [-0.2, -0.15) is 5.10 Å². The molecule has 3 aromatic rings. The second-order valence-corrected chi connectivity index (χ2v) is 6.66. The van der Waals surface area contributed by atoms with Crippen molar-refractivity contribution in [1.29, 1.82) is 0 Å². The summed E-state index contributed by atoms with van der Waals surface area (Å²) in [6.07, 6.45) is 3.73. The summed E-state index contributed by atoms with van der Waals surface area (Å²) in [4.78, 5) is 0. The van der Waals surface area contributed by atoms with Crippen LogP contribution in [0.4, 0.5) is 5.69 Å². The molecule has 0 amide bonds. The molecule has 0 fully saturated rings. The van der Waals surface area contributed by atoms with Crippen LogP contribution in [0.5, 0.6) is 0 Å². The third kappa shape index (κ3) is 4.94. The Hall–Kier alpha value is -2.63. The molecule has 132 valence electrons. The summed E-state index contributed by atoms with van der Waals surface area (Å²) in [5, 5.41) is 8.53. The van der Waals surface area contributed by atoms with E-state index in [0.717, 1.165) is 22.0 Å². The van der Waals surface area contributed by atoms with Gasteiger partial charge in [0.1, 0.15) is 0 Å². The number of nitrogens with zero attached hydrogens (tertiary/aromatic N) is 2. The smallest absolute Gasteiger partial charge is 0.191 e. The van der Waals surface area contributed by atoms with Gasteiger partial charge in [-0.05, 0) is 60.6 Å². The van der Waals surface area contributed by atoms with Crippen LogP contribution in [0.2, 0.25) is 5.02 Å². The van der Waals surface area contributed by atoms with Crippen LogP contribution in [0.1, 0.15) is 16.8 Å². The van der Waals surface area contributed by atoms with Crippen molar-refractivity contribution in [3.8, 4) is 0 Å². The molecule has 0 saturated heterocycles. The number of nitrogens with one attached hydrogen (secondary N) is 2. The molecule has 1 heterocycles. The highest BCUT2D eigenvalue weighted by Gasteiger charge is 2.03. The fourth-order valence-corrected chi connectivity index (χ4v) is 2.90. The lowest BCUT2D eigenvalue weighted by molar-refractivity contribution is 0.799. The normalized spacial score (nSPS) is 10.8. The number of rotatable bonds is 5. The molecule has 2 aromatic carbocycles. The van der Waals surface area contributed by atoms with Crippen molar-refractivity contribution in [2.24, 2.45) is 5.10 Å². The van der Waals surface area contributed by atoms with Gasteiger partial charge in [-0.25, -0.2) is 0 Å². The molecule has 1 aromatic heterocycles. The van der Waals surface area contributed by atoms with E-state index in [9.17, 15) is 0 Å². The molecule has 4 nitrogen and oxygen atoms in total. The molecule has 0 unspecified atom stereocenters. The first-order valence-electron chi connectivity index (χ1n) is 8.17. The summed E-state index contributed by atoms with van der Waals surface area (Å²) in [7, 11) is 0. The van der Waals surface area contributed by atoms with Crippen molar-refractivity contribution >= 4 is 40.8 Å². The van der Waals surface area contributed by atoms with Gasteiger partial charge in [0.2, 0.25) is 0 Å². The number of halogens is 1. The number of aryl methyl sites for hydroxylation is 1. The number of benzene rings is 2. The van der Waals surface area contributed by atoms with Gasteiger partial charge in [0.05, 0.1) is 11.9 Å². The Bertz CT molecular complexity index is 933. The summed E-state index contributed by atoms with van der Waals surface area (Å²) < 4.78 is 2.07. The minimum absolute atomic E-state index is 0.441. The standard InChI is InChI=1S/C20H19ClN4S/c1-15-6-4-8-17(12-15)23-20(26)24-22-13-18-9-5-11-25(18)14-16-7-2-3-10-19(16)21/h2-13H,14H2,1H3,(H2,23,24,26). The molecule has 0 spiro atoms. The SMILES string of the molecule is Cc1cccc(NC(=S)NN=Cc2cccn2Cc2ccccc2Cl)c1. The lowest BCUT2D eigenvalue weighted by Crippen LogP contribution is -2.24. The molecule has 6 heteroatoms. The highest BCUT2D eigenvalue weighted by Crippen LogP contribution is 2.17. The summed E-state index contributed by atoms with van der Waals surface area (Å²) in [6, 6.07) is 19.8. The Labute approximate surface area is 163 Å². The van der Waals surface area contributed by atoms with E-state index in [-0.39, 0.29) is 0 Å². The third-order valence-electron chi connectivity index (χ3n) is 3.80. The number of hydrogen-bond acceptors (Lipinski definition) is 2. The molecule has 0 aliphatic heterocycles. The van der Waals surface area contributed by atoms with Gasteiger partial charge in [-0.15, -0.1) is 0 Å². The summed E-state index contributed by atoms with van der Waals surface area (Å²) >= 11 is 11.5. The fourth-order valence-electron chi connectivity index (χ4n) is 2.54. The van der Waals surface area contributed by atoms with E-state index >= 15 is 0 Å². The first kappa shape index (κ1) is 18.2. The topological polar surface area (TPSA) is 41.4 Å². The van der Waals surface area contributed by atoms with Crippen LogP contribution in [-0.4, -0.2) is 15.9 Å². The van der Waals surface area contributed by atoms with E-state index in [2.05, 4.69) is 20.4 Å². The number of anilines is 1. The average Bonchev–Trinajstić information content (AvgIpc) is 3.04. The quantitative estimate of drug-likeness (QED) is 0.377. The Balaban J connectivity index is 1.60. The molecule has 0 bridgehead atoms. The van der Waals surface area contributed by atoms with Gasteiger partial charge < -0.3 is 9.88 Å². The van der Waals surface area contributed by atoms with Crippen molar-refractivity contribution in [1.82, 2.24) is 9.99 Å². The first-order chi connectivity index (χ1) is 12.6. The Kier molecular flexibility index (Phi) is 6.04. The molecule has 3 rings (SSSR count). The molecule has 0 radical (unpaired) electrons. The van der Waals surface area contributed by atoms with Crippen LogP contribution in [0, 0.1) is 6.92 Å². The highest BCUT2D eigenvalue weighted by atomic mass is 35.5. The maximum atomic E-state index is 6.24. The summed E-state index contributed by atoms with van der Waals surface area (Å²) in [5.74, 6) is 0. The molecular formula is C20H19ClN4S. The largest absolute Gasteiger partial charge is 0.342 e. The van der Waals surface area contributed by atoms with Gasteiger partial charge in [0.25, 0.3) is 0 Å². The van der Waals surface area contributed by atoms with Gasteiger partial charge in [-0.1, -0.05) is 41.9 Å². The van der Waals surface area contributed by atoms with Gasteiger partial charge >= 0.3 is 0 Å². The van der Waals surface area contributed by atoms with E-state index in [0.29, 0.717) is 11.7 Å². The zero-order chi connectivity index (χ0) is 18.4. The molecule has 2 N–H and O–H groups in total. The second-order valence-electron chi connectivity index (χ2n) is 5.85. The van der Waals surface area contributed by atoms with Crippen LogP contribution in [0.15, 0.2) is 72.0 Å². The summed E-state index contributed by atoms with van der Waals surface area (Å²) in [5.41, 5.74) is 6.95. The van der Waals surface area contributed by atoms with Crippen LogP contribution >= 0.6 is 23.8 Å². The number of hydrogen-bond donors (Lipinski definition) is 2. The maximum absolute atomic E-state index is 6.24. The van der Waals surface area contributed by atoms with Crippen molar-refractivity contribution in [2.45, 2.75) is 13.5 Å². The zero-order valence-corrected chi connectivity index (χ0v) is 15.9. The number of aromatic nitrogens is 1. The molecule has 0 atom stereocenters. The minimum Gasteiger partial charge on any atom is -0.342 e. The monoisotopic (exact) mass is 382 g/mol. The predicted octanol–water partition coefficient (Wildman–Crippen LogP) is 4.82. The fraction of sp³-hybridized carbons (Fsp3) is 0.100. The van der Waals surface area contributed by atoms with Crippen molar-refractivity contribution in [3.05, 3.63) is 88.7 Å². The average molecular weight is 383 g/mol. The van der Waals surface area contributed by atoms with Crippen molar-refractivity contribution < 1.29 is 0 Å². The van der Waals surface area contributed by atoms with Crippen LogP contribution in [-0.2, 0) is 6.54 Å². The summed E-state index contributed by atoms with van der Waals surface area (Å²) in [6.45, 7) is 2.72. The minimum atomic E-state index is 0.441. The maximum Gasteiger partial charge on any atom is 0.191 e.